The van der Waals surface area contributed by atoms with Crippen LogP contribution in [0.3, 0.4) is 0 Å². The Hall–Kier alpha value is -3.88. The molecule has 2 aromatic carbocycles. The van der Waals surface area contributed by atoms with Crippen molar-refractivity contribution in [3.05, 3.63) is 59.9 Å². The van der Waals surface area contributed by atoms with E-state index in [9.17, 15) is 9.18 Å². The first kappa shape index (κ1) is 22.3. The zero-order valence-electron chi connectivity index (χ0n) is 18.8. The molecule has 0 saturated carbocycles. The second kappa shape index (κ2) is 9.72. The standard InChI is InChI=1S/C24H26FN5O3/c1-16-4-5-17(14-20(16)25)26-24(31)30-12-10-29(11-13-30)23-9-7-21(27-28-23)19-15-18(32-2)6-8-22(19)33-3/h4-9,14-15H,10-13H2,1-3H3,(H,26,31). The second-order valence-electron chi connectivity index (χ2n) is 7.71. The van der Waals surface area contributed by atoms with Crippen LogP contribution in [0.15, 0.2) is 48.5 Å². The van der Waals surface area contributed by atoms with E-state index >= 15 is 0 Å². The molecule has 0 radical (unpaired) electrons. The van der Waals surface area contributed by atoms with Crippen LogP contribution >= 0.6 is 0 Å². The van der Waals surface area contributed by atoms with Crippen molar-refractivity contribution in [3.63, 3.8) is 0 Å². The molecule has 0 spiro atoms. The van der Waals surface area contributed by atoms with Crippen LogP contribution in [-0.4, -0.2) is 61.5 Å². The van der Waals surface area contributed by atoms with Crippen molar-refractivity contribution < 1.29 is 18.7 Å². The molecule has 4 rings (SSSR count). The highest BCUT2D eigenvalue weighted by molar-refractivity contribution is 5.89. The van der Waals surface area contributed by atoms with Crippen molar-refractivity contribution in [1.29, 1.82) is 0 Å². The number of hydrogen-bond donors (Lipinski definition) is 1. The van der Waals surface area contributed by atoms with Crippen molar-refractivity contribution in [3.8, 4) is 22.8 Å². The summed E-state index contributed by atoms with van der Waals surface area (Å²) in [7, 11) is 3.22. The number of piperazine rings is 1. The summed E-state index contributed by atoms with van der Waals surface area (Å²) in [6, 6.07) is 13.8. The van der Waals surface area contributed by atoms with Crippen LogP contribution < -0.4 is 19.7 Å². The maximum atomic E-state index is 13.7. The lowest BCUT2D eigenvalue weighted by molar-refractivity contribution is 0.208. The summed E-state index contributed by atoms with van der Waals surface area (Å²) in [5, 5.41) is 11.5. The molecule has 1 aromatic heterocycles. The van der Waals surface area contributed by atoms with Gasteiger partial charge in [-0.1, -0.05) is 6.07 Å². The summed E-state index contributed by atoms with van der Waals surface area (Å²) in [6.07, 6.45) is 0. The number of benzene rings is 2. The van der Waals surface area contributed by atoms with Crippen molar-refractivity contribution in [2.45, 2.75) is 6.92 Å². The van der Waals surface area contributed by atoms with Crippen LogP contribution in [0.4, 0.5) is 20.7 Å². The lowest BCUT2D eigenvalue weighted by atomic mass is 10.1. The molecule has 1 aliphatic rings. The van der Waals surface area contributed by atoms with Gasteiger partial charge in [-0.15, -0.1) is 10.2 Å². The van der Waals surface area contributed by atoms with Gasteiger partial charge in [-0.2, -0.15) is 0 Å². The van der Waals surface area contributed by atoms with Crippen LogP contribution in [-0.2, 0) is 0 Å². The number of ether oxygens (including phenoxy) is 2. The lowest BCUT2D eigenvalue weighted by Gasteiger charge is -2.35. The third-order valence-electron chi connectivity index (χ3n) is 5.65. The second-order valence-corrected chi connectivity index (χ2v) is 7.71. The van der Waals surface area contributed by atoms with Gasteiger partial charge in [0.25, 0.3) is 0 Å². The van der Waals surface area contributed by atoms with E-state index < -0.39 is 0 Å². The SMILES string of the molecule is COc1ccc(OC)c(-c2ccc(N3CCN(C(=O)Nc4ccc(C)c(F)c4)CC3)nn2)c1. The minimum atomic E-state index is -0.341. The fraction of sp³-hybridized carbons (Fsp3) is 0.292. The molecule has 2 heterocycles. The molecule has 172 valence electrons. The largest absolute Gasteiger partial charge is 0.497 e. The number of anilines is 2. The molecule has 0 aliphatic carbocycles. The summed E-state index contributed by atoms with van der Waals surface area (Å²) in [5.74, 6) is 1.79. The van der Waals surface area contributed by atoms with Gasteiger partial charge in [0, 0.05) is 37.4 Å². The molecular formula is C24H26FN5O3. The van der Waals surface area contributed by atoms with E-state index in [0.717, 1.165) is 11.4 Å². The first-order valence-electron chi connectivity index (χ1n) is 10.6. The number of aromatic nitrogens is 2. The highest BCUT2D eigenvalue weighted by atomic mass is 19.1. The maximum Gasteiger partial charge on any atom is 0.321 e. The quantitative estimate of drug-likeness (QED) is 0.633. The van der Waals surface area contributed by atoms with Gasteiger partial charge in [0.05, 0.1) is 19.9 Å². The molecule has 0 unspecified atom stereocenters. The molecule has 1 aliphatic heterocycles. The Morgan fingerprint density at radius 1 is 0.970 bits per heavy atom. The normalized spacial score (nSPS) is 13.6. The van der Waals surface area contributed by atoms with E-state index in [1.165, 1.54) is 6.07 Å². The molecule has 3 aromatic rings. The number of rotatable bonds is 5. The summed E-state index contributed by atoms with van der Waals surface area (Å²) < 4.78 is 24.5. The van der Waals surface area contributed by atoms with E-state index in [-0.39, 0.29) is 11.8 Å². The Bertz CT molecular complexity index is 1130. The molecule has 1 N–H and O–H groups in total. The Morgan fingerprint density at radius 3 is 2.39 bits per heavy atom. The lowest BCUT2D eigenvalue weighted by Crippen LogP contribution is -2.50. The topological polar surface area (TPSA) is 79.8 Å². The monoisotopic (exact) mass is 451 g/mol. The fourth-order valence-corrected chi connectivity index (χ4v) is 3.66. The van der Waals surface area contributed by atoms with Gasteiger partial charge in [0.2, 0.25) is 0 Å². The maximum absolute atomic E-state index is 13.7. The average molecular weight is 452 g/mol. The summed E-state index contributed by atoms with van der Waals surface area (Å²) in [4.78, 5) is 16.3. The number of amides is 2. The molecule has 0 atom stereocenters. The first-order valence-corrected chi connectivity index (χ1v) is 10.6. The highest BCUT2D eigenvalue weighted by Crippen LogP contribution is 2.32. The predicted octanol–water partition coefficient (Wildman–Crippen LogP) is 3.96. The number of aryl methyl sites for hydroxylation is 1. The number of nitrogens with one attached hydrogen (secondary N) is 1. The van der Waals surface area contributed by atoms with E-state index in [1.807, 2.05) is 30.3 Å². The minimum Gasteiger partial charge on any atom is -0.497 e. The highest BCUT2D eigenvalue weighted by Gasteiger charge is 2.22. The number of carbonyl (C=O) groups is 1. The molecule has 8 nitrogen and oxygen atoms in total. The third kappa shape index (κ3) is 4.97. The fourth-order valence-electron chi connectivity index (χ4n) is 3.66. The van der Waals surface area contributed by atoms with Gasteiger partial charge in [-0.05, 0) is 55.0 Å². The van der Waals surface area contributed by atoms with Crippen LogP contribution in [0, 0.1) is 12.7 Å². The Kier molecular flexibility index (Phi) is 6.58. The van der Waals surface area contributed by atoms with E-state index in [0.29, 0.717) is 54.6 Å². The molecule has 1 fully saturated rings. The first-order chi connectivity index (χ1) is 16.0. The van der Waals surface area contributed by atoms with E-state index in [4.69, 9.17) is 9.47 Å². The van der Waals surface area contributed by atoms with Gasteiger partial charge >= 0.3 is 6.03 Å². The van der Waals surface area contributed by atoms with Crippen LogP contribution in [0.1, 0.15) is 5.56 Å². The van der Waals surface area contributed by atoms with E-state index in [2.05, 4.69) is 20.4 Å². The van der Waals surface area contributed by atoms with Gasteiger partial charge in [-0.3, -0.25) is 0 Å². The van der Waals surface area contributed by atoms with Crippen LogP contribution in [0.25, 0.3) is 11.3 Å². The third-order valence-corrected chi connectivity index (χ3v) is 5.65. The van der Waals surface area contributed by atoms with Crippen molar-refractivity contribution >= 4 is 17.5 Å². The number of methoxy groups -OCH3 is 2. The molecule has 0 bridgehead atoms. The number of nitrogens with zero attached hydrogens (tertiary/aromatic N) is 4. The summed E-state index contributed by atoms with van der Waals surface area (Å²) in [5.41, 5.74) is 2.46. The molecule has 2 amide bonds. The Labute approximate surface area is 191 Å². The molecule has 33 heavy (non-hydrogen) atoms. The zero-order chi connectivity index (χ0) is 23.4. The van der Waals surface area contributed by atoms with Crippen molar-refractivity contribution in [2.75, 3.05) is 50.6 Å². The van der Waals surface area contributed by atoms with Gasteiger partial charge in [0.1, 0.15) is 17.3 Å². The number of halogens is 1. The molecule has 1 saturated heterocycles. The molecule has 9 heteroatoms. The number of urea groups is 1. The van der Waals surface area contributed by atoms with Crippen LogP contribution in [0.2, 0.25) is 0 Å². The van der Waals surface area contributed by atoms with Gasteiger partial charge in [-0.25, -0.2) is 9.18 Å². The van der Waals surface area contributed by atoms with E-state index in [1.54, 1.807) is 38.2 Å². The molecular weight excluding hydrogens is 425 g/mol. The van der Waals surface area contributed by atoms with Gasteiger partial charge < -0.3 is 24.6 Å². The minimum absolute atomic E-state index is 0.246. The van der Waals surface area contributed by atoms with Gasteiger partial charge in [0.15, 0.2) is 5.82 Å². The summed E-state index contributed by atoms with van der Waals surface area (Å²) in [6.45, 7) is 3.96. The van der Waals surface area contributed by atoms with Crippen LogP contribution in [0.5, 0.6) is 11.5 Å². The average Bonchev–Trinajstić information content (AvgIpc) is 2.86. The van der Waals surface area contributed by atoms with Crippen molar-refractivity contribution in [1.82, 2.24) is 15.1 Å². The number of carbonyl (C=O) groups excluding carboxylic acids is 1. The number of hydrogen-bond acceptors (Lipinski definition) is 6. The summed E-state index contributed by atoms with van der Waals surface area (Å²) >= 11 is 0. The smallest absolute Gasteiger partial charge is 0.321 e. The Morgan fingerprint density at radius 2 is 1.76 bits per heavy atom. The van der Waals surface area contributed by atoms with Crippen molar-refractivity contribution in [2.24, 2.45) is 0 Å². The predicted molar refractivity (Wildman–Crippen MR) is 125 cm³/mol. The Balaban J connectivity index is 1.38. The zero-order valence-corrected chi connectivity index (χ0v) is 18.8.